The Balaban J connectivity index is 4.16. The zero-order valence-corrected chi connectivity index (χ0v) is 8.08. The molecular weight excluding hydrogens is 158 g/mol. The smallest absolute Gasteiger partial charge is 0.127 e. The van der Waals surface area contributed by atoms with Crippen LogP contribution in [0, 0.1) is 0 Å². The second-order valence-corrected chi connectivity index (χ2v) is 1.98. The molecule has 0 saturated heterocycles. The van der Waals surface area contributed by atoms with Gasteiger partial charge in [0.15, 0.2) is 6.20 Å². The van der Waals surface area contributed by atoms with Crippen molar-refractivity contribution in [3.8, 4) is 0 Å². The molecule has 0 aliphatic rings. The molecule has 0 bridgehead atoms. The lowest BCUT2D eigenvalue weighted by atomic mass is 10.9. The number of rotatable bonds is 7. The van der Waals surface area contributed by atoms with Crippen LogP contribution in [0.2, 0.25) is 0 Å². The Hall–Kier alpha value is -0.420. The van der Waals surface area contributed by atoms with Crippen LogP contribution in [0.4, 0.5) is 0 Å². The fraction of sp³-hybridized carbons (Fsp3) is 0.750. The quantitative estimate of drug-likeness (QED) is 0.437. The van der Waals surface area contributed by atoms with E-state index in [9.17, 15) is 0 Å². The standard InChI is InChI=1S/C8H18NO3/c1-5-9(10-6-2,11-7-3)12-8-4/h5H,1,6-8H2,2-4H3/q+1. The Morgan fingerprint density at radius 3 is 1.50 bits per heavy atom. The molecule has 0 aromatic heterocycles. The first-order chi connectivity index (χ1) is 5.74. The van der Waals surface area contributed by atoms with Crippen LogP contribution in [-0.4, -0.2) is 24.8 Å². The summed E-state index contributed by atoms with van der Waals surface area (Å²) in [5, 5.41) is 0. The predicted molar refractivity (Wildman–Crippen MR) is 45.3 cm³/mol. The van der Waals surface area contributed by atoms with Gasteiger partial charge in [0.2, 0.25) is 0 Å². The summed E-state index contributed by atoms with van der Waals surface area (Å²) >= 11 is 0. The molecule has 0 atom stereocenters. The van der Waals surface area contributed by atoms with Crippen LogP contribution in [0.5, 0.6) is 0 Å². The first kappa shape index (κ1) is 11.6. The van der Waals surface area contributed by atoms with E-state index < -0.39 is 0 Å². The van der Waals surface area contributed by atoms with Gasteiger partial charge >= 0.3 is 0 Å². The topological polar surface area (TPSA) is 27.7 Å². The van der Waals surface area contributed by atoms with Gasteiger partial charge in [-0.05, 0) is 27.4 Å². The van der Waals surface area contributed by atoms with Crippen molar-refractivity contribution in [2.45, 2.75) is 20.8 Å². The third-order valence-corrected chi connectivity index (χ3v) is 1.15. The molecule has 0 fully saturated rings. The summed E-state index contributed by atoms with van der Waals surface area (Å²) in [7, 11) is 0. The van der Waals surface area contributed by atoms with Gasteiger partial charge in [-0.3, -0.25) is 0 Å². The SMILES string of the molecule is C=C[N+](OCC)(OCC)OCC. The van der Waals surface area contributed by atoms with E-state index in [4.69, 9.17) is 14.5 Å². The fourth-order valence-electron chi connectivity index (χ4n) is 0.810. The molecule has 0 radical (unpaired) electrons. The fourth-order valence-corrected chi connectivity index (χ4v) is 0.810. The van der Waals surface area contributed by atoms with Crippen molar-refractivity contribution >= 4 is 0 Å². The van der Waals surface area contributed by atoms with E-state index in [1.165, 1.54) is 6.20 Å². The van der Waals surface area contributed by atoms with Gasteiger partial charge in [-0.15, -0.1) is 14.5 Å². The van der Waals surface area contributed by atoms with Gasteiger partial charge in [-0.25, -0.2) is 0 Å². The molecular formula is C8H18NO3+. The van der Waals surface area contributed by atoms with Crippen molar-refractivity contribution < 1.29 is 19.5 Å². The van der Waals surface area contributed by atoms with Gasteiger partial charge in [0, 0.05) is 0 Å². The minimum Gasteiger partial charge on any atom is -0.127 e. The lowest BCUT2D eigenvalue weighted by Gasteiger charge is -2.23. The highest BCUT2D eigenvalue weighted by molar-refractivity contribution is 4.41. The monoisotopic (exact) mass is 176 g/mol. The maximum atomic E-state index is 5.23. The highest BCUT2D eigenvalue weighted by atomic mass is 17.2. The Morgan fingerprint density at radius 1 is 1.00 bits per heavy atom. The molecule has 0 spiro atoms. The molecule has 0 aromatic carbocycles. The number of hydrogen-bond acceptors (Lipinski definition) is 3. The highest BCUT2D eigenvalue weighted by Crippen LogP contribution is 2.11. The summed E-state index contributed by atoms with van der Waals surface area (Å²) in [5.41, 5.74) is 0. The average molecular weight is 176 g/mol. The lowest BCUT2D eigenvalue weighted by Crippen LogP contribution is -2.42. The van der Waals surface area contributed by atoms with Crippen molar-refractivity contribution in [1.82, 2.24) is 0 Å². The summed E-state index contributed by atoms with van der Waals surface area (Å²) in [6.45, 7) is 10.7. The van der Waals surface area contributed by atoms with Gasteiger partial charge in [0.1, 0.15) is 24.8 Å². The second-order valence-electron chi connectivity index (χ2n) is 1.98. The molecule has 0 amide bonds. The first-order valence-electron chi connectivity index (χ1n) is 4.20. The van der Waals surface area contributed by atoms with Gasteiger partial charge in [0.05, 0.1) is 0 Å². The molecule has 0 saturated carbocycles. The Kier molecular flexibility index (Phi) is 5.92. The van der Waals surface area contributed by atoms with Crippen LogP contribution < -0.4 is 0 Å². The summed E-state index contributed by atoms with van der Waals surface area (Å²) in [6.07, 6.45) is 1.47. The minimum atomic E-state index is -0.385. The number of nitrogens with zero attached hydrogens (tertiary/aromatic N) is 1. The van der Waals surface area contributed by atoms with Crippen LogP contribution in [0.1, 0.15) is 20.8 Å². The van der Waals surface area contributed by atoms with E-state index in [1.807, 2.05) is 20.8 Å². The summed E-state index contributed by atoms with van der Waals surface area (Å²) in [5.74, 6) is 0. The maximum Gasteiger partial charge on any atom is 0.195 e. The van der Waals surface area contributed by atoms with Crippen molar-refractivity contribution in [3.05, 3.63) is 12.8 Å². The molecule has 0 unspecified atom stereocenters. The van der Waals surface area contributed by atoms with Crippen LogP contribution in [-0.2, 0) is 14.5 Å². The van der Waals surface area contributed by atoms with E-state index in [0.717, 1.165) is 0 Å². The van der Waals surface area contributed by atoms with Crippen LogP contribution in [0.25, 0.3) is 0 Å². The summed E-state index contributed by atoms with van der Waals surface area (Å²) in [4.78, 5) is 15.3. The predicted octanol–water partition coefficient (Wildman–Crippen LogP) is 1.80. The van der Waals surface area contributed by atoms with Gasteiger partial charge in [0.25, 0.3) is 0 Å². The Labute approximate surface area is 73.8 Å². The largest absolute Gasteiger partial charge is 0.195 e. The number of hydrogen-bond donors (Lipinski definition) is 0. The average Bonchev–Trinajstić information content (AvgIpc) is 2.06. The molecule has 0 N–H and O–H groups in total. The maximum absolute atomic E-state index is 5.23. The minimum absolute atomic E-state index is 0.385. The summed E-state index contributed by atoms with van der Waals surface area (Å²) in [6, 6.07) is 0. The lowest BCUT2D eigenvalue weighted by molar-refractivity contribution is -1.34. The van der Waals surface area contributed by atoms with Gasteiger partial charge in [-0.1, -0.05) is 0 Å². The summed E-state index contributed by atoms with van der Waals surface area (Å²) < 4.78 is 0. The highest BCUT2D eigenvalue weighted by Gasteiger charge is 2.29. The zero-order chi connectivity index (χ0) is 9.45. The van der Waals surface area contributed by atoms with Crippen LogP contribution in [0.3, 0.4) is 0 Å². The molecule has 12 heavy (non-hydrogen) atoms. The van der Waals surface area contributed by atoms with Crippen molar-refractivity contribution in [2.75, 3.05) is 19.8 Å². The van der Waals surface area contributed by atoms with E-state index >= 15 is 0 Å². The van der Waals surface area contributed by atoms with Crippen LogP contribution in [0.15, 0.2) is 12.8 Å². The van der Waals surface area contributed by atoms with Crippen molar-refractivity contribution in [1.29, 1.82) is 0 Å². The third-order valence-electron chi connectivity index (χ3n) is 1.15. The van der Waals surface area contributed by atoms with Crippen molar-refractivity contribution in [3.63, 3.8) is 0 Å². The Morgan fingerprint density at radius 2 is 1.33 bits per heavy atom. The molecule has 4 heteroatoms. The second kappa shape index (κ2) is 6.14. The normalized spacial score (nSPS) is 11.6. The Bertz CT molecular complexity index is 110. The molecule has 72 valence electrons. The first-order valence-corrected chi connectivity index (χ1v) is 4.20. The van der Waals surface area contributed by atoms with E-state index in [0.29, 0.717) is 19.8 Å². The van der Waals surface area contributed by atoms with Gasteiger partial charge < -0.3 is 0 Å². The zero-order valence-electron chi connectivity index (χ0n) is 8.08. The van der Waals surface area contributed by atoms with E-state index in [2.05, 4.69) is 6.58 Å². The molecule has 0 aromatic rings. The molecule has 0 heterocycles. The number of quaternary nitrogens is 1. The molecule has 0 rings (SSSR count). The molecule has 0 aliphatic heterocycles. The van der Waals surface area contributed by atoms with E-state index in [-0.39, 0.29) is 4.97 Å². The third kappa shape index (κ3) is 3.32. The van der Waals surface area contributed by atoms with Crippen molar-refractivity contribution in [2.24, 2.45) is 0 Å². The van der Waals surface area contributed by atoms with Crippen LogP contribution >= 0.6 is 0 Å². The molecule has 4 nitrogen and oxygen atoms in total. The molecule has 0 aliphatic carbocycles. The van der Waals surface area contributed by atoms with Gasteiger partial charge in [-0.2, -0.15) is 0 Å². The number of hydroxylamine groups is 3. The van der Waals surface area contributed by atoms with E-state index in [1.54, 1.807) is 0 Å².